The second-order valence-electron chi connectivity index (χ2n) is 7.24. The minimum absolute atomic E-state index is 0.153. The average molecular weight is 409 g/mol. The van der Waals surface area contributed by atoms with E-state index in [1.54, 1.807) is 13.8 Å². The molecule has 1 aliphatic rings. The number of benzene rings is 2. The third kappa shape index (κ3) is 4.14. The van der Waals surface area contributed by atoms with Gasteiger partial charge in [0.1, 0.15) is 11.8 Å². The van der Waals surface area contributed by atoms with Gasteiger partial charge in [-0.05, 0) is 32.0 Å². The van der Waals surface area contributed by atoms with E-state index >= 15 is 0 Å². The van der Waals surface area contributed by atoms with E-state index in [9.17, 15) is 14.4 Å². The minimum atomic E-state index is -1.12. The summed E-state index contributed by atoms with van der Waals surface area (Å²) in [5.74, 6) is -3.95. The molecule has 6 nitrogen and oxygen atoms in total. The van der Waals surface area contributed by atoms with Crippen molar-refractivity contribution in [1.82, 2.24) is 4.90 Å². The summed E-state index contributed by atoms with van der Waals surface area (Å²) in [7, 11) is 1.83. The zero-order chi connectivity index (χ0) is 21.7. The number of ether oxygens (including phenoxy) is 2. The monoisotopic (exact) mass is 409 g/mol. The summed E-state index contributed by atoms with van der Waals surface area (Å²) in [6.45, 7) is 3.70. The molecule has 0 unspecified atom stereocenters. The summed E-state index contributed by atoms with van der Waals surface area (Å²) in [5, 5.41) is 0. The fourth-order valence-electron chi connectivity index (χ4n) is 4.26. The Bertz CT molecular complexity index is 811. The predicted molar refractivity (Wildman–Crippen MR) is 111 cm³/mol. The van der Waals surface area contributed by atoms with Gasteiger partial charge in [-0.15, -0.1) is 0 Å². The molecule has 30 heavy (non-hydrogen) atoms. The second kappa shape index (κ2) is 9.67. The summed E-state index contributed by atoms with van der Waals surface area (Å²) in [4.78, 5) is 41.3. The molecule has 0 aromatic heterocycles. The molecule has 4 atom stereocenters. The van der Waals surface area contributed by atoms with Gasteiger partial charge in [-0.1, -0.05) is 60.7 Å². The van der Waals surface area contributed by atoms with Crippen LogP contribution in [0.2, 0.25) is 0 Å². The van der Waals surface area contributed by atoms with Gasteiger partial charge in [0.25, 0.3) is 0 Å². The summed E-state index contributed by atoms with van der Waals surface area (Å²) in [6.07, 6.45) is 0. The molecule has 0 spiro atoms. The fourth-order valence-corrected chi connectivity index (χ4v) is 4.26. The van der Waals surface area contributed by atoms with Crippen LogP contribution in [0.5, 0.6) is 0 Å². The van der Waals surface area contributed by atoms with Gasteiger partial charge in [0.15, 0.2) is 5.78 Å². The Labute approximate surface area is 176 Å². The lowest BCUT2D eigenvalue weighted by atomic mass is 9.73. The topological polar surface area (TPSA) is 72.9 Å². The Morgan fingerprint density at radius 1 is 0.767 bits per heavy atom. The van der Waals surface area contributed by atoms with Crippen LogP contribution in [0.25, 0.3) is 0 Å². The van der Waals surface area contributed by atoms with Crippen molar-refractivity contribution in [3.63, 3.8) is 0 Å². The summed E-state index contributed by atoms with van der Waals surface area (Å²) in [5.41, 5.74) is 1.63. The van der Waals surface area contributed by atoms with Crippen molar-refractivity contribution < 1.29 is 23.9 Å². The Kier molecular flexibility index (Phi) is 7.00. The maximum Gasteiger partial charge on any atom is 0.318 e. The lowest BCUT2D eigenvalue weighted by molar-refractivity contribution is -0.169. The Morgan fingerprint density at radius 2 is 1.13 bits per heavy atom. The Balaban J connectivity index is 2.16. The van der Waals surface area contributed by atoms with Crippen molar-refractivity contribution in [2.45, 2.75) is 25.9 Å². The molecule has 0 radical (unpaired) electrons. The van der Waals surface area contributed by atoms with Crippen LogP contribution in [0, 0.1) is 11.8 Å². The molecule has 1 aliphatic heterocycles. The van der Waals surface area contributed by atoms with E-state index in [0.29, 0.717) is 0 Å². The van der Waals surface area contributed by atoms with E-state index in [-0.39, 0.29) is 13.2 Å². The highest BCUT2D eigenvalue weighted by atomic mass is 16.5. The minimum Gasteiger partial charge on any atom is -0.465 e. The van der Waals surface area contributed by atoms with Gasteiger partial charge >= 0.3 is 11.9 Å². The first-order valence-electron chi connectivity index (χ1n) is 10.2. The molecule has 0 aliphatic carbocycles. The van der Waals surface area contributed by atoms with Crippen LogP contribution in [0.15, 0.2) is 60.7 Å². The van der Waals surface area contributed by atoms with Gasteiger partial charge in [0.2, 0.25) is 0 Å². The van der Waals surface area contributed by atoms with Gasteiger partial charge in [-0.25, -0.2) is 0 Å². The summed E-state index contributed by atoms with van der Waals surface area (Å²) < 4.78 is 10.5. The molecular weight excluding hydrogens is 382 g/mol. The first-order valence-corrected chi connectivity index (χ1v) is 10.2. The van der Waals surface area contributed by atoms with E-state index < -0.39 is 41.6 Å². The molecule has 1 saturated heterocycles. The Hall–Kier alpha value is -2.99. The highest BCUT2D eigenvalue weighted by molar-refractivity contribution is 6.10. The van der Waals surface area contributed by atoms with Crippen LogP contribution in [0.1, 0.15) is 37.1 Å². The van der Waals surface area contributed by atoms with Gasteiger partial charge in [0.05, 0.1) is 25.3 Å². The number of nitrogens with zero attached hydrogens (tertiary/aromatic N) is 1. The molecule has 158 valence electrons. The number of carbonyl (C=O) groups is 3. The van der Waals surface area contributed by atoms with Crippen LogP contribution in [0.4, 0.5) is 0 Å². The molecular formula is C24H27NO5. The molecule has 2 aromatic rings. The van der Waals surface area contributed by atoms with E-state index in [1.807, 2.05) is 72.6 Å². The lowest BCUT2D eigenvalue weighted by Crippen LogP contribution is -2.54. The molecule has 6 heteroatoms. The summed E-state index contributed by atoms with van der Waals surface area (Å²) >= 11 is 0. The third-order valence-corrected chi connectivity index (χ3v) is 5.49. The van der Waals surface area contributed by atoms with Gasteiger partial charge in [-0.2, -0.15) is 0 Å². The van der Waals surface area contributed by atoms with Gasteiger partial charge in [0, 0.05) is 0 Å². The first kappa shape index (κ1) is 21.7. The number of rotatable bonds is 6. The molecule has 3 rings (SSSR count). The number of Topliss-reactive ketones (excluding diaryl/α,β-unsaturated/α-hetero) is 1. The quantitative estimate of drug-likeness (QED) is 0.538. The first-order chi connectivity index (χ1) is 14.5. The molecule has 2 aromatic carbocycles. The smallest absolute Gasteiger partial charge is 0.318 e. The summed E-state index contributed by atoms with van der Waals surface area (Å²) in [6, 6.07) is 17.6. The average Bonchev–Trinajstić information content (AvgIpc) is 2.76. The van der Waals surface area contributed by atoms with Crippen molar-refractivity contribution in [3.8, 4) is 0 Å². The van der Waals surface area contributed by atoms with E-state index in [1.165, 1.54) is 0 Å². The van der Waals surface area contributed by atoms with Crippen LogP contribution in [-0.4, -0.2) is 42.9 Å². The number of esters is 2. The normalized spacial score (nSPS) is 24.3. The molecule has 0 N–H and O–H groups in total. The fraction of sp³-hybridized carbons (Fsp3) is 0.375. The SMILES string of the molecule is CCOC(=O)[C@@H]1C(=O)[C@H](C(=O)OCC)[C@H](c2ccccc2)N(C)[C@@H]1c1ccccc1. The Morgan fingerprint density at radius 3 is 1.47 bits per heavy atom. The van der Waals surface area contributed by atoms with Crippen molar-refractivity contribution in [2.24, 2.45) is 11.8 Å². The van der Waals surface area contributed by atoms with E-state index in [0.717, 1.165) is 11.1 Å². The van der Waals surface area contributed by atoms with Crippen molar-refractivity contribution in [2.75, 3.05) is 20.3 Å². The standard InChI is InChI=1S/C24H27NO5/c1-4-29-23(27)18-20(16-12-8-6-9-13-16)25(3)21(17-14-10-7-11-15-17)19(22(18)26)24(28)30-5-2/h6-15,18-21H,4-5H2,1-3H3/t18-,19+,20+,21-. The zero-order valence-corrected chi connectivity index (χ0v) is 17.5. The number of likely N-dealkylation sites (tertiary alicyclic amines) is 1. The van der Waals surface area contributed by atoms with E-state index in [2.05, 4.69) is 0 Å². The van der Waals surface area contributed by atoms with Crippen molar-refractivity contribution in [3.05, 3.63) is 71.8 Å². The largest absolute Gasteiger partial charge is 0.465 e. The van der Waals surface area contributed by atoms with Crippen LogP contribution in [0.3, 0.4) is 0 Å². The lowest BCUT2D eigenvalue weighted by Gasteiger charge is -2.46. The van der Waals surface area contributed by atoms with Gasteiger partial charge in [-0.3, -0.25) is 19.3 Å². The number of piperidine rings is 1. The van der Waals surface area contributed by atoms with E-state index in [4.69, 9.17) is 9.47 Å². The van der Waals surface area contributed by atoms with Crippen LogP contribution < -0.4 is 0 Å². The third-order valence-electron chi connectivity index (χ3n) is 5.49. The van der Waals surface area contributed by atoms with Gasteiger partial charge < -0.3 is 9.47 Å². The zero-order valence-electron chi connectivity index (χ0n) is 17.5. The number of ketones is 1. The van der Waals surface area contributed by atoms with Crippen molar-refractivity contribution in [1.29, 1.82) is 0 Å². The van der Waals surface area contributed by atoms with Crippen molar-refractivity contribution >= 4 is 17.7 Å². The maximum absolute atomic E-state index is 13.6. The highest BCUT2D eigenvalue weighted by Crippen LogP contribution is 2.46. The van der Waals surface area contributed by atoms with Crippen LogP contribution in [-0.2, 0) is 23.9 Å². The molecule has 1 heterocycles. The van der Waals surface area contributed by atoms with Crippen LogP contribution >= 0.6 is 0 Å². The highest BCUT2D eigenvalue weighted by Gasteiger charge is 2.54. The molecule has 0 amide bonds. The predicted octanol–water partition coefficient (Wildman–Crippen LogP) is 3.34. The number of hydrogen-bond donors (Lipinski definition) is 0. The number of hydrogen-bond acceptors (Lipinski definition) is 6. The second-order valence-corrected chi connectivity index (χ2v) is 7.24. The maximum atomic E-state index is 13.6. The number of carbonyl (C=O) groups excluding carboxylic acids is 3. The molecule has 0 bridgehead atoms. The molecule has 1 fully saturated rings. The molecule has 0 saturated carbocycles.